The van der Waals surface area contributed by atoms with Gasteiger partial charge in [-0.3, -0.25) is 0 Å². The van der Waals surface area contributed by atoms with Crippen molar-refractivity contribution in [1.82, 2.24) is 4.90 Å². The number of nitrogen functional groups attached to an aromatic ring is 1. The molecule has 2 rings (SSSR count). The van der Waals surface area contributed by atoms with Crippen LogP contribution >= 0.6 is 0 Å². The maximum absolute atomic E-state index is 5.87. The molecule has 0 radical (unpaired) electrons. The number of rotatable bonds is 6. The maximum Gasteiger partial charge on any atom is 0.142 e. The summed E-state index contributed by atoms with van der Waals surface area (Å²) in [5.41, 5.74) is 6.60. The lowest BCUT2D eigenvalue weighted by Gasteiger charge is -2.21. The van der Waals surface area contributed by atoms with Crippen molar-refractivity contribution in [3.05, 3.63) is 24.3 Å². The summed E-state index contributed by atoms with van der Waals surface area (Å²) in [5.74, 6) is 2.55. The summed E-state index contributed by atoms with van der Waals surface area (Å²) >= 11 is 0. The number of nitrogens with zero attached hydrogens (tertiary/aromatic N) is 1. The molecule has 1 atom stereocenters. The van der Waals surface area contributed by atoms with Crippen LogP contribution in [-0.2, 0) is 0 Å². The molecule has 3 heteroatoms. The molecule has 2 N–H and O–H groups in total. The van der Waals surface area contributed by atoms with Crippen LogP contribution in [0.4, 0.5) is 5.69 Å². The van der Waals surface area contributed by atoms with Crippen molar-refractivity contribution in [2.24, 2.45) is 11.8 Å². The van der Waals surface area contributed by atoms with Crippen molar-refractivity contribution >= 4 is 5.69 Å². The van der Waals surface area contributed by atoms with Gasteiger partial charge in [-0.05, 0) is 62.7 Å². The summed E-state index contributed by atoms with van der Waals surface area (Å²) < 4.78 is 5.77. The molecule has 0 bridgehead atoms. The van der Waals surface area contributed by atoms with E-state index in [-0.39, 0.29) is 0 Å². The van der Waals surface area contributed by atoms with Gasteiger partial charge in [-0.1, -0.05) is 26.0 Å². The number of ether oxygens (including phenoxy) is 1. The summed E-state index contributed by atoms with van der Waals surface area (Å²) in [6.07, 6.45) is 5.16. The summed E-state index contributed by atoms with van der Waals surface area (Å²) in [6, 6.07) is 7.72. The first-order valence-electron chi connectivity index (χ1n) is 8.36. The van der Waals surface area contributed by atoms with E-state index in [1.165, 1.54) is 32.4 Å². The van der Waals surface area contributed by atoms with Crippen LogP contribution in [0.1, 0.15) is 39.5 Å². The van der Waals surface area contributed by atoms with Gasteiger partial charge in [-0.2, -0.15) is 0 Å². The van der Waals surface area contributed by atoms with Gasteiger partial charge < -0.3 is 15.4 Å². The Kier molecular flexibility index (Phi) is 6.37. The Morgan fingerprint density at radius 2 is 2.05 bits per heavy atom. The molecule has 1 aliphatic heterocycles. The van der Waals surface area contributed by atoms with Gasteiger partial charge in [-0.15, -0.1) is 0 Å². The highest BCUT2D eigenvalue weighted by Gasteiger charge is 2.18. The van der Waals surface area contributed by atoms with E-state index in [9.17, 15) is 0 Å². The van der Waals surface area contributed by atoms with E-state index in [0.29, 0.717) is 0 Å². The van der Waals surface area contributed by atoms with E-state index in [2.05, 4.69) is 18.7 Å². The Bertz CT molecular complexity index is 419. The van der Waals surface area contributed by atoms with Gasteiger partial charge in [0.15, 0.2) is 0 Å². The average molecular weight is 290 g/mol. The van der Waals surface area contributed by atoms with E-state index in [0.717, 1.165) is 42.8 Å². The minimum absolute atomic E-state index is 0.729. The van der Waals surface area contributed by atoms with Crippen LogP contribution in [0.15, 0.2) is 24.3 Å². The van der Waals surface area contributed by atoms with Crippen molar-refractivity contribution in [3.63, 3.8) is 0 Å². The molecule has 118 valence electrons. The van der Waals surface area contributed by atoms with Gasteiger partial charge in [0.25, 0.3) is 0 Å². The molecule has 1 fully saturated rings. The van der Waals surface area contributed by atoms with Crippen LogP contribution in [0.2, 0.25) is 0 Å². The highest BCUT2D eigenvalue weighted by atomic mass is 16.5. The van der Waals surface area contributed by atoms with Gasteiger partial charge in [0.1, 0.15) is 5.75 Å². The van der Waals surface area contributed by atoms with E-state index in [1.54, 1.807) is 0 Å². The fourth-order valence-corrected chi connectivity index (χ4v) is 3.15. The molecule has 1 aromatic carbocycles. The highest BCUT2D eigenvalue weighted by molar-refractivity contribution is 5.51. The molecule has 3 nitrogen and oxygen atoms in total. The third-order valence-corrected chi connectivity index (χ3v) is 4.60. The largest absolute Gasteiger partial charge is 0.491 e. The Balaban J connectivity index is 1.66. The van der Waals surface area contributed by atoms with Gasteiger partial charge >= 0.3 is 0 Å². The first kappa shape index (κ1) is 16.2. The molecule has 0 saturated carbocycles. The molecule has 0 aromatic heterocycles. The molecule has 1 aliphatic rings. The van der Waals surface area contributed by atoms with Gasteiger partial charge in [0, 0.05) is 6.54 Å². The normalized spacial score (nSPS) is 20.4. The Labute approximate surface area is 129 Å². The number of hydrogen-bond donors (Lipinski definition) is 1. The van der Waals surface area contributed by atoms with Crippen LogP contribution in [-0.4, -0.2) is 31.1 Å². The zero-order valence-electron chi connectivity index (χ0n) is 13.6. The highest BCUT2D eigenvalue weighted by Crippen LogP contribution is 2.24. The van der Waals surface area contributed by atoms with Crippen molar-refractivity contribution in [2.45, 2.75) is 39.5 Å². The quantitative estimate of drug-likeness (QED) is 0.640. The molecule has 21 heavy (non-hydrogen) atoms. The van der Waals surface area contributed by atoms with E-state index >= 15 is 0 Å². The fraction of sp³-hybridized carbons (Fsp3) is 0.667. The summed E-state index contributed by atoms with van der Waals surface area (Å²) in [6.45, 7) is 9.10. The number of nitrogens with two attached hydrogens (primary N) is 1. The molecule has 1 aromatic rings. The number of benzene rings is 1. The Hall–Kier alpha value is -1.22. The van der Waals surface area contributed by atoms with E-state index in [4.69, 9.17) is 10.5 Å². The summed E-state index contributed by atoms with van der Waals surface area (Å²) in [7, 11) is 0. The smallest absolute Gasteiger partial charge is 0.142 e. The summed E-state index contributed by atoms with van der Waals surface area (Å²) in [4.78, 5) is 2.60. The first-order chi connectivity index (χ1) is 10.2. The standard InChI is InChI=1S/C18H30N2O/c1-15(2)16-7-5-11-20(13-10-16)12-6-14-21-18-9-4-3-8-17(18)19/h3-4,8-9,15-16H,5-7,10-14,19H2,1-2H3. The second kappa shape index (κ2) is 8.28. The zero-order chi connectivity index (χ0) is 15.1. The molecular weight excluding hydrogens is 260 g/mol. The Morgan fingerprint density at radius 1 is 1.24 bits per heavy atom. The van der Waals surface area contributed by atoms with Crippen LogP contribution < -0.4 is 10.5 Å². The fourth-order valence-electron chi connectivity index (χ4n) is 3.15. The molecular formula is C18H30N2O. The minimum Gasteiger partial charge on any atom is -0.491 e. The first-order valence-corrected chi connectivity index (χ1v) is 8.36. The minimum atomic E-state index is 0.729. The van der Waals surface area contributed by atoms with Crippen molar-refractivity contribution in [3.8, 4) is 5.75 Å². The van der Waals surface area contributed by atoms with Crippen molar-refractivity contribution < 1.29 is 4.74 Å². The van der Waals surface area contributed by atoms with Crippen LogP contribution in [0.3, 0.4) is 0 Å². The predicted molar refractivity (Wildman–Crippen MR) is 89.6 cm³/mol. The maximum atomic E-state index is 5.87. The van der Waals surface area contributed by atoms with Crippen molar-refractivity contribution in [1.29, 1.82) is 0 Å². The topological polar surface area (TPSA) is 38.5 Å². The van der Waals surface area contributed by atoms with Crippen LogP contribution in [0.25, 0.3) is 0 Å². The number of para-hydroxylation sites is 2. The number of likely N-dealkylation sites (tertiary alicyclic amines) is 1. The van der Waals surface area contributed by atoms with Crippen LogP contribution in [0.5, 0.6) is 5.75 Å². The zero-order valence-corrected chi connectivity index (χ0v) is 13.6. The second-order valence-corrected chi connectivity index (χ2v) is 6.52. The van der Waals surface area contributed by atoms with Gasteiger partial charge in [-0.25, -0.2) is 0 Å². The van der Waals surface area contributed by atoms with Crippen molar-refractivity contribution in [2.75, 3.05) is 32.0 Å². The Morgan fingerprint density at radius 3 is 2.81 bits per heavy atom. The number of hydrogen-bond acceptors (Lipinski definition) is 3. The third kappa shape index (κ3) is 5.24. The predicted octanol–water partition coefficient (Wildman–Crippen LogP) is 3.80. The van der Waals surface area contributed by atoms with E-state index in [1.807, 2.05) is 24.3 Å². The lowest BCUT2D eigenvalue weighted by atomic mass is 9.89. The lowest BCUT2D eigenvalue weighted by molar-refractivity contribution is 0.235. The van der Waals surface area contributed by atoms with Gasteiger partial charge in [0.05, 0.1) is 12.3 Å². The molecule has 0 amide bonds. The molecule has 1 saturated heterocycles. The monoisotopic (exact) mass is 290 g/mol. The molecule has 1 unspecified atom stereocenters. The van der Waals surface area contributed by atoms with Gasteiger partial charge in [0.2, 0.25) is 0 Å². The molecule has 0 aliphatic carbocycles. The molecule has 0 spiro atoms. The summed E-state index contributed by atoms with van der Waals surface area (Å²) in [5, 5.41) is 0. The average Bonchev–Trinajstić information content (AvgIpc) is 2.71. The third-order valence-electron chi connectivity index (χ3n) is 4.60. The second-order valence-electron chi connectivity index (χ2n) is 6.52. The molecule has 1 heterocycles. The van der Waals surface area contributed by atoms with Crippen LogP contribution in [0, 0.1) is 11.8 Å². The number of anilines is 1. The van der Waals surface area contributed by atoms with E-state index < -0.39 is 0 Å². The SMILES string of the molecule is CC(C)C1CCCN(CCCOc2ccccc2N)CC1. The lowest BCUT2D eigenvalue weighted by Crippen LogP contribution is -2.27.